The van der Waals surface area contributed by atoms with Gasteiger partial charge in [0.05, 0.1) is 0 Å². The average Bonchev–Trinajstić information content (AvgIpc) is 3.55. The van der Waals surface area contributed by atoms with Crippen LogP contribution in [0.3, 0.4) is 0 Å². The number of anilines is 6. The summed E-state index contributed by atoms with van der Waals surface area (Å²) in [5.74, 6) is 0. The molecule has 0 aromatic heterocycles. The van der Waals surface area contributed by atoms with Crippen molar-refractivity contribution in [2.75, 3.05) is 9.80 Å². The molecule has 8 aromatic rings. The molecule has 0 radical (unpaired) electrons. The van der Waals surface area contributed by atoms with Gasteiger partial charge < -0.3 is 9.80 Å². The molecule has 2 heterocycles. The molecule has 2 aliphatic heterocycles. The number of benzene rings is 8. The number of hydrogen-bond acceptors (Lipinski definition) is 2. The average molecular weight is 747 g/mol. The lowest BCUT2D eigenvalue weighted by atomic mass is 9.97. The maximum Gasteiger partial charge on any atom is 0.0493 e. The van der Waals surface area contributed by atoms with Crippen molar-refractivity contribution < 1.29 is 0 Å². The zero-order valence-corrected chi connectivity index (χ0v) is 33.2. The maximum absolute atomic E-state index is 2.43. The van der Waals surface area contributed by atoms with Crippen LogP contribution in [0, 0.1) is 13.8 Å². The topological polar surface area (TPSA) is 6.48 Å². The van der Waals surface area contributed by atoms with Gasteiger partial charge in [0.1, 0.15) is 0 Å². The second-order valence-electron chi connectivity index (χ2n) is 15.8. The third kappa shape index (κ3) is 6.71. The Hall–Kier alpha value is -6.90. The molecule has 2 aliphatic rings. The van der Waals surface area contributed by atoms with E-state index >= 15 is 0 Å². The van der Waals surface area contributed by atoms with E-state index in [0.717, 1.165) is 25.7 Å². The lowest BCUT2D eigenvalue weighted by molar-refractivity contribution is 0.977. The van der Waals surface area contributed by atoms with Gasteiger partial charge in [-0.15, -0.1) is 0 Å². The van der Waals surface area contributed by atoms with Crippen molar-refractivity contribution in [2.45, 2.75) is 39.5 Å². The van der Waals surface area contributed by atoms with Gasteiger partial charge in [-0.1, -0.05) is 146 Å². The highest BCUT2D eigenvalue weighted by molar-refractivity contribution is 5.85. The molecule has 280 valence electrons. The summed E-state index contributed by atoms with van der Waals surface area (Å²) in [5.41, 5.74) is 22.9. The summed E-state index contributed by atoms with van der Waals surface area (Å²) in [6.45, 7) is 4.43. The zero-order chi connectivity index (χ0) is 39.0. The van der Waals surface area contributed by atoms with E-state index in [1.807, 2.05) is 0 Å². The molecule has 0 N–H and O–H groups in total. The Labute approximate surface area is 343 Å². The van der Waals surface area contributed by atoms with Crippen LogP contribution in [-0.2, 0) is 25.7 Å². The van der Waals surface area contributed by atoms with Crippen LogP contribution in [-0.4, -0.2) is 0 Å². The molecule has 0 saturated carbocycles. The second kappa shape index (κ2) is 15.2. The van der Waals surface area contributed by atoms with Crippen molar-refractivity contribution in [2.24, 2.45) is 0 Å². The number of hydrogen-bond donors (Lipinski definition) is 0. The Morgan fingerprint density at radius 2 is 0.621 bits per heavy atom. The van der Waals surface area contributed by atoms with E-state index in [1.165, 1.54) is 101 Å². The predicted octanol–water partition coefficient (Wildman–Crippen LogP) is 14.9. The van der Waals surface area contributed by atoms with Crippen molar-refractivity contribution in [1.82, 2.24) is 0 Å². The van der Waals surface area contributed by atoms with E-state index in [-0.39, 0.29) is 0 Å². The van der Waals surface area contributed by atoms with Gasteiger partial charge in [0.15, 0.2) is 0 Å². The van der Waals surface area contributed by atoms with Crippen LogP contribution in [0.15, 0.2) is 182 Å². The van der Waals surface area contributed by atoms with Gasteiger partial charge in [-0.05, 0) is 155 Å². The van der Waals surface area contributed by atoms with E-state index in [4.69, 9.17) is 0 Å². The number of para-hydroxylation sites is 4. The summed E-state index contributed by atoms with van der Waals surface area (Å²) in [7, 11) is 0. The summed E-state index contributed by atoms with van der Waals surface area (Å²) in [6.07, 6.45) is 8.70. The molecule has 2 nitrogen and oxygen atoms in total. The van der Waals surface area contributed by atoms with Crippen LogP contribution in [0.4, 0.5) is 34.1 Å². The molecule has 0 unspecified atom stereocenters. The molecule has 8 aromatic carbocycles. The van der Waals surface area contributed by atoms with Gasteiger partial charge in [0.25, 0.3) is 0 Å². The van der Waals surface area contributed by atoms with Crippen LogP contribution in [0.25, 0.3) is 34.4 Å². The first-order valence-electron chi connectivity index (χ1n) is 20.6. The van der Waals surface area contributed by atoms with E-state index in [9.17, 15) is 0 Å². The normalized spacial score (nSPS) is 13.3. The van der Waals surface area contributed by atoms with Crippen molar-refractivity contribution in [3.63, 3.8) is 0 Å². The van der Waals surface area contributed by atoms with Crippen molar-refractivity contribution in [3.05, 3.63) is 226 Å². The van der Waals surface area contributed by atoms with Crippen LogP contribution < -0.4 is 9.80 Å². The molecule has 0 amide bonds. The first kappa shape index (κ1) is 35.5. The Morgan fingerprint density at radius 1 is 0.328 bits per heavy atom. The number of fused-ring (bicyclic) bond motifs is 4. The van der Waals surface area contributed by atoms with Crippen LogP contribution in [0.1, 0.15) is 44.5 Å². The zero-order valence-electron chi connectivity index (χ0n) is 33.2. The Morgan fingerprint density at radius 3 is 0.931 bits per heavy atom. The predicted molar refractivity (Wildman–Crippen MR) is 246 cm³/mol. The van der Waals surface area contributed by atoms with Gasteiger partial charge in [-0.2, -0.15) is 0 Å². The highest BCUT2D eigenvalue weighted by Gasteiger charge is 2.23. The minimum absolute atomic E-state index is 1.05. The molecule has 0 spiro atoms. The van der Waals surface area contributed by atoms with E-state index in [2.05, 4.69) is 218 Å². The van der Waals surface area contributed by atoms with Gasteiger partial charge in [-0.3, -0.25) is 0 Å². The number of nitrogens with zero attached hydrogens (tertiary/aromatic N) is 2. The summed E-state index contributed by atoms with van der Waals surface area (Å²) in [4.78, 5) is 4.86. The standard InChI is InChI=1S/C56H46N2/c1-39-37-49(43-29-33-51(34-30-43)57-53-15-7-3-11-45(53)23-24-46-12-4-8-16-54(46)57)27-21-41(39)19-20-42-22-28-50(38-40(42)2)44-31-35-52(36-32-44)58-55-17-9-5-13-47(55)25-26-48-14-6-10-18-56(48)58/h3-22,27-38H,23-26H2,1-2H3. The molecule has 10 rings (SSSR count). The monoisotopic (exact) mass is 746 g/mol. The summed E-state index contributed by atoms with van der Waals surface area (Å²) >= 11 is 0. The Kier molecular flexibility index (Phi) is 9.31. The molecule has 0 atom stereocenters. The first-order chi connectivity index (χ1) is 28.6. The lowest BCUT2D eigenvalue weighted by Crippen LogP contribution is -2.11. The molecule has 0 bridgehead atoms. The highest BCUT2D eigenvalue weighted by Crippen LogP contribution is 2.44. The maximum atomic E-state index is 2.43. The van der Waals surface area contributed by atoms with Crippen molar-refractivity contribution >= 4 is 46.3 Å². The number of aryl methyl sites for hydroxylation is 6. The Balaban J connectivity index is 0.862. The lowest BCUT2D eigenvalue weighted by Gasteiger charge is -2.27. The van der Waals surface area contributed by atoms with Crippen molar-refractivity contribution in [1.29, 1.82) is 0 Å². The third-order valence-electron chi connectivity index (χ3n) is 12.2. The molecule has 0 aliphatic carbocycles. The van der Waals surface area contributed by atoms with Gasteiger partial charge >= 0.3 is 0 Å². The smallest absolute Gasteiger partial charge is 0.0493 e. The molecule has 2 heteroatoms. The fraction of sp³-hybridized carbons (Fsp3) is 0.107. The van der Waals surface area contributed by atoms with Gasteiger partial charge in [0.2, 0.25) is 0 Å². The minimum Gasteiger partial charge on any atom is -0.310 e. The van der Waals surface area contributed by atoms with E-state index in [1.54, 1.807) is 0 Å². The summed E-state index contributed by atoms with van der Waals surface area (Å²) in [6, 6.07) is 67.1. The fourth-order valence-electron chi connectivity index (χ4n) is 8.99. The quantitative estimate of drug-likeness (QED) is 0.156. The molecule has 58 heavy (non-hydrogen) atoms. The van der Waals surface area contributed by atoms with E-state index in [0.29, 0.717) is 0 Å². The molecular weight excluding hydrogens is 701 g/mol. The van der Waals surface area contributed by atoms with Crippen LogP contribution >= 0.6 is 0 Å². The molecular formula is C56H46N2. The number of rotatable bonds is 6. The highest BCUT2D eigenvalue weighted by atomic mass is 15.2. The van der Waals surface area contributed by atoms with E-state index < -0.39 is 0 Å². The third-order valence-corrected chi connectivity index (χ3v) is 12.2. The second-order valence-corrected chi connectivity index (χ2v) is 15.8. The largest absolute Gasteiger partial charge is 0.310 e. The summed E-state index contributed by atoms with van der Waals surface area (Å²) in [5, 5.41) is 0. The molecule has 0 fully saturated rings. The minimum atomic E-state index is 1.05. The van der Waals surface area contributed by atoms with Gasteiger partial charge in [-0.25, -0.2) is 0 Å². The van der Waals surface area contributed by atoms with Crippen LogP contribution in [0.2, 0.25) is 0 Å². The summed E-state index contributed by atoms with van der Waals surface area (Å²) < 4.78 is 0. The van der Waals surface area contributed by atoms with Crippen molar-refractivity contribution in [3.8, 4) is 22.3 Å². The van der Waals surface area contributed by atoms with Crippen LogP contribution in [0.5, 0.6) is 0 Å². The van der Waals surface area contributed by atoms with Gasteiger partial charge in [0, 0.05) is 34.1 Å². The Bertz CT molecular complexity index is 2520. The fourth-order valence-corrected chi connectivity index (χ4v) is 8.99. The molecule has 0 saturated heterocycles. The SMILES string of the molecule is Cc1cc(-c2ccc(N3c4ccccc4CCc4ccccc43)cc2)ccc1C=Cc1ccc(-c2ccc(N3c4ccccc4CCc4ccccc43)cc2)cc1C. The first-order valence-corrected chi connectivity index (χ1v) is 20.6.